The lowest BCUT2D eigenvalue weighted by Crippen LogP contribution is -2.31. The molecule has 8 nitrogen and oxygen atoms in total. The van der Waals surface area contributed by atoms with Gasteiger partial charge in [-0.15, -0.1) is 10.2 Å². The van der Waals surface area contributed by atoms with Crippen molar-refractivity contribution in [3.05, 3.63) is 29.8 Å². The highest BCUT2D eigenvalue weighted by Crippen LogP contribution is 2.41. The summed E-state index contributed by atoms with van der Waals surface area (Å²) in [4.78, 5) is 27.3. The van der Waals surface area contributed by atoms with Gasteiger partial charge in [0.2, 0.25) is 11.9 Å². The molecule has 2 aliphatic rings. The zero-order chi connectivity index (χ0) is 21.1. The first-order valence-electron chi connectivity index (χ1n) is 10.6. The highest BCUT2D eigenvalue weighted by Gasteiger charge is 2.32. The van der Waals surface area contributed by atoms with Crippen LogP contribution >= 0.6 is 11.8 Å². The zero-order valence-electron chi connectivity index (χ0n) is 17.4. The average molecular weight is 429 g/mol. The summed E-state index contributed by atoms with van der Waals surface area (Å²) in [6.45, 7) is 5.85. The Bertz CT molecular complexity index is 918. The molecule has 1 saturated heterocycles. The molecule has 0 atom stereocenters. The molecular formula is C21H28N6O2S. The molecule has 2 aromatic rings. The van der Waals surface area contributed by atoms with Crippen LogP contribution in [0.3, 0.4) is 0 Å². The van der Waals surface area contributed by atoms with E-state index in [-0.39, 0.29) is 23.6 Å². The van der Waals surface area contributed by atoms with Gasteiger partial charge in [-0.05, 0) is 51.7 Å². The summed E-state index contributed by atoms with van der Waals surface area (Å²) in [5.41, 5.74) is 0.977. The van der Waals surface area contributed by atoms with E-state index in [1.807, 2.05) is 13.8 Å². The van der Waals surface area contributed by atoms with Crippen LogP contribution in [0.15, 0.2) is 29.4 Å². The highest BCUT2D eigenvalue weighted by molar-refractivity contribution is 7.99. The Kier molecular flexibility index (Phi) is 6.26. The maximum Gasteiger partial charge on any atom is 0.253 e. The molecule has 2 amide bonds. The molecule has 30 heavy (non-hydrogen) atoms. The van der Waals surface area contributed by atoms with Crippen molar-refractivity contribution >= 4 is 35.2 Å². The Morgan fingerprint density at radius 2 is 1.90 bits per heavy atom. The number of thioether (sulfide) groups is 1. The SMILES string of the molecule is CC(C)NC(=O)c1ccccc1NC(=O)CSc1nnc(N2CCCC2)n1C1CC1. The normalized spacial score (nSPS) is 16.2. The maximum atomic E-state index is 12.6. The molecule has 0 unspecified atom stereocenters. The number of aromatic nitrogens is 3. The lowest BCUT2D eigenvalue weighted by atomic mass is 10.1. The molecule has 2 N–H and O–H groups in total. The largest absolute Gasteiger partial charge is 0.350 e. The Labute approximate surface area is 180 Å². The fourth-order valence-corrected chi connectivity index (χ4v) is 4.40. The van der Waals surface area contributed by atoms with Gasteiger partial charge in [-0.3, -0.25) is 14.2 Å². The summed E-state index contributed by atoms with van der Waals surface area (Å²) in [6, 6.07) is 7.53. The highest BCUT2D eigenvalue weighted by atomic mass is 32.2. The molecule has 2 fully saturated rings. The van der Waals surface area contributed by atoms with Crippen LogP contribution in [-0.2, 0) is 4.79 Å². The number of carbonyl (C=O) groups excluding carboxylic acids is 2. The number of hydrogen-bond acceptors (Lipinski definition) is 6. The molecule has 1 aromatic heterocycles. The predicted octanol–water partition coefficient (Wildman–Crippen LogP) is 3.08. The van der Waals surface area contributed by atoms with Crippen molar-refractivity contribution in [1.29, 1.82) is 0 Å². The van der Waals surface area contributed by atoms with Gasteiger partial charge < -0.3 is 15.5 Å². The summed E-state index contributed by atoms with van der Waals surface area (Å²) in [5.74, 6) is 0.786. The van der Waals surface area contributed by atoms with Gasteiger partial charge in [-0.1, -0.05) is 23.9 Å². The van der Waals surface area contributed by atoms with Gasteiger partial charge in [0.15, 0.2) is 5.16 Å². The van der Waals surface area contributed by atoms with Crippen molar-refractivity contribution < 1.29 is 9.59 Å². The Balaban J connectivity index is 1.41. The summed E-state index contributed by atoms with van der Waals surface area (Å²) < 4.78 is 2.20. The van der Waals surface area contributed by atoms with Crippen LogP contribution in [0, 0.1) is 0 Å². The number of hydrogen-bond donors (Lipinski definition) is 2. The van der Waals surface area contributed by atoms with Crippen LogP contribution in [0.2, 0.25) is 0 Å². The van der Waals surface area contributed by atoms with Crippen molar-refractivity contribution in [2.45, 2.75) is 56.8 Å². The number of rotatable bonds is 8. The third kappa shape index (κ3) is 4.77. The first kappa shape index (κ1) is 20.7. The first-order valence-corrected chi connectivity index (χ1v) is 11.5. The second kappa shape index (κ2) is 9.07. The number of amides is 2. The van der Waals surface area contributed by atoms with E-state index in [9.17, 15) is 9.59 Å². The third-order valence-electron chi connectivity index (χ3n) is 5.15. The van der Waals surface area contributed by atoms with Crippen molar-refractivity contribution in [2.24, 2.45) is 0 Å². The summed E-state index contributed by atoms with van der Waals surface area (Å²) in [5, 5.41) is 15.3. The van der Waals surface area contributed by atoms with Gasteiger partial charge in [-0.25, -0.2) is 0 Å². The number of nitrogens with zero attached hydrogens (tertiary/aromatic N) is 4. The lowest BCUT2D eigenvalue weighted by Gasteiger charge is -2.18. The van der Waals surface area contributed by atoms with Gasteiger partial charge in [-0.2, -0.15) is 0 Å². The van der Waals surface area contributed by atoms with Crippen molar-refractivity contribution in [3.63, 3.8) is 0 Å². The van der Waals surface area contributed by atoms with Crippen molar-refractivity contribution in [1.82, 2.24) is 20.1 Å². The monoisotopic (exact) mass is 428 g/mol. The number of nitrogens with one attached hydrogen (secondary N) is 2. The van der Waals surface area contributed by atoms with Crippen LogP contribution in [0.1, 0.15) is 55.9 Å². The fraction of sp³-hybridized carbons (Fsp3) is 0.524. The van der Waals surface area contributed by atoms with Gasteiger partial charge in [0, 0.05) is 25.2 Å². The quantitative estimate of drug-likeness (QED) is 0.628. The van der Waals surface area contributed by atoms with Crippen LogP contribution < -0.4 is 15.5 Å². The smallest absolute Gasteiger partial charge is 0.253 e. The van der Waals surface area contributed by atoms with E-state index in [2.05, 4.69) is 30.3 Å². The molecule has 1 saturated carbocycles. The van der Waals surface area contributed by atoms with Crippen LogP contribution in [0.4, 0.5) is 11.6 Å². The van der Waals surface area contributed by atoms with E-state index in [0.717, 1.165) is 37.0 Å². The molecule has 1 aliphatic heterocycles. The Morgan fingerprint density at radius 1 is 1.17 bits per heavy atom. The van der Waals surface area contributed by atoms with E-state index in [4.69, 9.17) is 0 Å². The molecule has 1 aromatic carbocycles. The van der Waals surface area contributed by atoms with Crippen LogP contribution in [-0.4, -0.2) is 51.5 Å². The van der Waals surface area contributed by atoms with E-state index in [1.165, 1.54) is 24.6 Å². The minimum atomic E-state index is -0.197. The summed E-state index contributed by atoms with van der Waals surface area (Å²) in [7, 11) is 0. The first-order chi connectivity index (χ1) is 14.5. The molecule has 4 rings (SSSR count). The number of carbonyl (C=O) groups is 2. The van der Waals surface area contributed by atoms with Gasteiger partial charge in [0.05, 0.1) is 17.0 Å². The number of para-hydroxylation sites is 1. The van der Waals surface area contributed by atoms with Gasteiger partial charge in [0.25, 0.3) is 5.91 Å². The van der Waals surface area contributed by atoms with Gasteiger partial charge in [0.1, 0.15) is 0 Å². The van der Waals surface area contributed by atoms with E-state index >= 15 is 0 Å². The topological polar surface area (TPSA) is 92.2 Å². The second-order valence-corrected chi connectivity index (χ2v) is 9.03. The fourth-order valence-electron chi connectivity index (χ4n) is 3.60. The molecular weight excluding hydrogens is 400 g/mol. The minimum absolute atomic E-state index is 0.0235. The lowest BCUT2D eigenvalue weighted by molar-refractivity contribution is -0.113. The molecule has 9 heteroatoms. The Hall–Kier alpha value is -2.55. The van der Waals surface area contributed by atoms with E-state index in [0.29, 0.717) is 17.3 Å². The van der Waals surface area contributed by atoms with E-state index in [1.54, 1.807) is 24.3 Å². The molecule has 0 spiro atoms. The minimum Gasteiger partial charge on any atom is -0.350 e. The molecule has 1 aliphatic carbocycles. The molecule has 2 heterocycles. The summed E-state index contributed by atoms with van der Waals surface area (Å²) in [6.07, 6.45) is 4.65. The van der Waals surface area contributed by atoms with Crippen LogP contribution in [0.5, 0.6) is 0 Å². The molecule has 0 radical (unpaired) electrons. The molecule has 160 valence electrons. The zero-order valence-corrected chi connectivity index (χ0v) is 18.2. The van der Waals surface area contributed by atoms with Crippen molar-refractivity contribution in [2.75, 3.05) is 29.1 Å². The standard InChI is InChI=1S/C21H28N6O2S/c1-14(2)22-19(29)16-7-3-4-8-17(16)23-18(28)13-30-21-25-24-20(26-11-5-6-12-26)27(21)15-9-10-15/h3-4,7-8,14-15H,5-6,9-13H2,1-2H3,(H,22,29)(H,23,28). The second-order valence-electron chi connectivity index (χ2n) is 8.09. The maximum absolute atomic E-state index is 12.6. The van der Waals surface area contributed by atoms with Crippen LogP contribution in [0.25, 0.3) is 0 Å². The number of benzene rings is 1. The summed E-state index contributed by atoms with van der Waals surface area (Å²) >= 11 is 1.40. The van der Waals surface area contributed by atoms with E-state index < -0.39 is 0 Å². The Morgan fingerprint density at radius 3 is 2.60 bits per heavy atom. The van der Waals surface area contributed by atoms with Gasteiger partial charge >= 0.3 is 0 Å². The van der Waals surface area contributed by atoms with Crippen molar-refractivity contribution in [3.8, 4) is 0 Å². The predicted molar refractivity (Wildman–Crippen MR) is 118 cm³/mol. The third-order valence-corrected chi connectivity index (χ3v) is 6.09. The molecule has 0 bridgehead atoms. The average Bonchev–Trinajstić information content (AvgIpc) is 3.23. The number of anilines is 2.